The molecule has 0 aliphatic carbocycles. The number of nitrogens with one attached hydrogen (secondary N) is 1. The van der Waals surface area contributed by atoms with Crippen LogP contribution in [0.1, 0.15) is 17.2 Å². The van der Waals surface area contributed by atoms with Crippen LogP contribution in [0.25, 0.3) is 0 Å². The van der Waals surface area contributed by atoms with E-state index >= 15 is 0 Å². The van der Waals surface area contributed by atoms with E-state index in [2.05, 4.69) is 5.32 Å². The maximum absolute atomic E-state index is 13.1. The average Bonchev–Trinajstić information content (AvgIpc) is 2.91. The molecule has 1 N–H and O–H groups in total. The van der Waals surface area contributed by atoms with Crippen molar-refractivity contribution in [2.75, 3.05) is 16.8 Å². The highest BCUT2D eigenvalue weighted by atomic mass is 32.2. The van der Waals surface area contributed by atoms with E-state index < -0.39 is 4.92 Å². The number of non-ortho nitro benzene ring substituents is 1. The Bertz CT molecular complexity index is 1120. The smallest absolute Gasteiger partial charge is 0.269 e. The molecule has 1 atom stereocenters. The summed E-state index contributed by atoms with van der Waals surface area (Å²) in [6.45, 7) is -0.144. The van der Waals surface area contributed by atoms with Crippen LogP contribution in [0.4, 0.5) is 17.1 Å². The molecule has 0 saturated carbocycles. The molecule has 3 aromatic carbocycles. The topological polar surface area (TPSA) is 92.6 Å². The van der Waals surface area contributed by atoms with Gasteiger partial charge in [-0.15, -0.1) is 11.8 Å². The molecular weight excluding hydrogens is 414 g/mol. The third-order valence-corrected chi connectivity index (χ3v) is 6.24. The Morgan fingerprint density at radius 1 is 1.03 bits per heavy atom. The van der Waals surface area contributed by atoms with Crippen LogP contribution in [0.2, 0.25) is 0 Å². The number of fused-ring (bicyclic) bond motifs is 1. The zero-order valence-electron chi connectivity index (χ0n) is 16.4. The minimum absolute atomic E-state index is 0.0439. The number of rotatable bonds is 5. The first kappa shape index (κ1) is 20.6. The number of para-hydroxylation sites is 1. The summed E-state index contributed by atoms with van der Waals surface area (Å²) in [6, 6.07) is 23.0. The van der Waals surface area contributed by atoms with Gasteiger partial charge in [-0.25, -0.2) is 0 Å². The van der Waals surface area contributed by atoms with Crippen LogP contribution >= 0.6 is 11.8 Å². The standard InChI is InChI=1S/C23H19N3O4S/c27-22(24-17-10-12-18(13-11-17)26(29)30)15-25-19-8-4-5-9-20(19)31-21(14-23(25)28)16-6-2-1-3-7-16/h1-13,21H,14-15H2,(H,24,27). The van der Waals surface area contributed by atoms with E-state index in [1.807, 2.05) is 54.6 Å². The second-order valence-electron chi connectivity index (χ2n) is 7.02. The summed E-state index contributed by atoms with van der Waals surface area (Å²) < 4.78 is 0. The van der Waals surface area contributed by atoms with Crippen LogP contribution in [0.5, 0.6) is 0 Å². The van der Waals surface area contributed by atoms with E-state index in [0.717, 1.165) is 10.5 Å². The van der Waals surface area contributed by atoms with Crippen molar-refractivity contribution in [3.8, 4) is 0 Å². The quantitative estimate of drug-likeness (QED) is 0.461. The van der Waals surface area contributed by atoms with Crippen LogP contribution in [0.15, 0.2) is 83.8 Å². The number of benzene rings is 3. The highest BCUT2D eigenvalue weighted by molar-refractivity contribution is 7.99. The van der Waals surface area contributed by atoms with Crippen molar-refractivity contribution in [3.05, 3.63) is 94.5 Å². The zero-order valence-corrected chi connectivity index (χ0v) is 17.2. The molecule has 7 nitrogen and oxygen atoms in total. The first-order chi connectivity index (χ1) is 15.0. The molecule has 1 heterocycles. The summed E-state index contributed by atoms with van der Waals surface area (Å²) in [4.78, 5) is 38.5. The second-order valence-corrected chi connectivity index (χ2v) is 8.27. The first-order valence-corrected chi connectivity index (χ1v) is 10.5. The third-order valence-electron chi connectivity index (χ3n) is 4.92. The number of amides is 2. The van der Waals surface area contributed by atoms with Crippen LogP contribution in [-0.4, -0.2) is 23.3 Å². The Morgan fingerprint density at radius 2 is 1.71 bits per heavy atom. The van der Waals surface area contributed by atoms with E-state index in [-0.39, 0.29) is 35.7 Å². The Labute approximate surface area is 183 Å². The lowest BCUT2D eigenvalue weighted by Crippen LogP contribution is -2.38. The minimum atomic E-state index is -0.501. The summed E-state index contributed by atoms with van der Waals surface area (Å²) in [6.07, 6.45) is 0.272. The first-order valence-electron chi connectivity index (χ1n) is 9.66. The van der Waals surface area contributed by atoms with Gasteiger partial charge in [-0.3, -0.25) is 19.7 Å². The highest BCUT2D eigenvalue weighted by Crippen LogP contribution is 2.45. The molecule has 1 aliphatic rings. The van der Waals surface area contributed by atoms with Gasteiger partial charge in [-0.05, 0) is 29.8 Å². The molecule has 31 heavy (non-hydrogen) atoms. The molecule has 3 aromatic rings. The number of nitro groups is 1. The zero-order chi connectivity index (χ0) is 21.8. The Morgan fingerprint density at radius 3 is 2.42 bits per heavy atom. The van der Waals surface area contributed by atoms with Gasteiger partial charge >= 0.3 is 0 Å². The molecule has 0 aromatic heterocycles. The number of anilines is 2. The maximum Gasteiger partial charge on any atom is 0.269 e. The molecule has 0 fully saturated rings. The van der Waals surface area contributed by atoms with E-state index in [4.69, 9.17) is 0 Å². The van der Waals surface area contributed by atoms with Gasteiger partial charge in [0.2, 0.25) is 11.8 Å². The molecule has 0 saturated heterocycles. The summed E-state index contributed by atoms with van der Waals surface area (Å²) >= 11 is 1.62. The summed E-state index contributed by atoms with van der Waals surface area (Å²) in [5.41, 5.74) is 2.14. The number of hydrogen-bond donors (Lipinski definition) is 1. The normalized spacial score (nSPS) is 15.7. The molecule has 1 unspecified atom stereocenters. The van der Waals surface area contributed by atoms with Gasteiger partial charge in [0.25, 0.3) is 5.69 Å². The van der Waals surface area contributed by atoms with Crippen molar-refractivity contribution >= 4 is 40.6 Å². The van der Waals surface area contributed by atoms with Crippen molar-refractivity contribution in [2.45, 2.75) is 16.6 Å². The lowest BCUT2D eigenvalue weighted by atomic mass is 10.1. The van der Waals surface area contributed by atoms with E-state index in [1.54, 1.807) is 11.8 Å². The highest BCUT2D eigenvalue weighted by Gasteiger charge is 2.30. The van der Waals surface area contributed by atoms with Crippen LogP contribution < -0.4 is 10.2 Å². The predicted molar refractivity (Wildman–Crippen MR) is 120 cm³/mol. The van der Waals surface area contributed by atoms with Gasteiger partial charge in [0.05, 0.1) is 10.6 Å². The van der Waals surface area contributed by atoms with E-state index in [9.17, 15) is 19.7 Å². The summed E-state index contributed by atoms with van der Waals surface area (Å²) in [7, 11) is 0. The maximum atomic E-state index is 13.1. The molecule has 156 valence electrons. The fourth-order valence-electron chi connectivity index (χ4n) is 3.42. The Balaban J connectivity index is 1.54. The number of carbonyl (C=O) groups excluding carboxylic acids is 2. The van der Waals surface area contributed by atoms with Gasteiger partial charge in [0.15, 0.2) is 0 Å². The van der Waals surface area contributed by atoms with Gasteiger partial charge < -0.3 is 10.2 Å². The van der Waals surface area contributed by atoms with Crippen LogP contribution in [0, 0.1) is 10.1 Å². The number of nitro benzene ring substituents is 1. The lowest BCUT2D eigenvalue weighted by Gasteiger charge is -2.22. The molecule has 0 spiro atoms. The fourth-order valence-corrected chi connectivity index (χ4v) is 4.70. The summed E-state index contributed by atoms with van der Waals surface area (Å²) in [5, 5.41) is 13.4. The van der Waals surface area contributed by atoms with Crippen molar-refractivity contribution in [3.63, 3.8) is 0 Å². The van der Waals surface area contributed by atoms with Gasteiger partial charge in [-0.2, -0.15) is 0 Å². The number of nitrogens with zero attached hydrogens (tertiary/aromatic N) is 2. The number of carbonyl (C=O) groups is 2. The predicted octanol–water partition coefficient (Wildman–Crippen LogP) is 4.80. The Kier molecular flexibility index (Phi) is 5.99. The van der Waals surface area contributed by atoms with Crippen molar-refractivity contribution in [1.82, 2.24) is 0 Å². The fraction of sp³-hybridized carbons (Fsp3) is 0.130. The third kappa shape index (κ3) is 4.75. The van der Waals surface area contributed by atoms with Crippen molar-refractivity contribution in [1.29, 1.82) is 0 Å². The molecule has 2 amide bonds. The molecule has 1 aliphatic heterocycles. The SMILES string of the molecule is O=C(CN1C(=O)CC(c2ccccc2)Sc2ccccc21)Nc1ccc([N+](=O)[O-])cc1. The Hall–Kier alpha value is -3.65. The number of thioether (sulfide) groups is 1. The van der Waals surface area contributed by atoms with Crippen molar-refractivity contribution < 1.29 is 14.5 Å². The molecule has 0 radical (unpaired) electrons. The van der Waals surface area contributed by atoms with Crippen LogP contribution in [0.3, 0.4) is 0 Å². The summed E-state index contributed by atoms with van der Waals surface area (Å²) in [5.74, 6) is -0.509. The van der Waals surface area contributed by atoms with E-state index in [0.29, 0.717) is 11.4 Å². The van der Waals surface area contributed by atoms with Crippen LogP contribution in [-0.2, 0) is 9.59 Å². The molecule has 4 rings (SSSR count). The number of hydrogen-bond acceptors (Lipinski definition) is 5. The molecule has 0 bridgehead atoms. The molecular formula is C23H19N3O4S. The van der Waals surface area contributed by atoms with Gasteiger partial charge in [0.1, 0.15) is 6.54 Å². The molecule has 8 heteroatoms. The second kappa shape index (κ2) is 9.01. The lowest BCUT2D eigenvalue weighted by molar-refractivity contribution is -0.384. The van der Waals surface area contributed by atoms with Gasteiger partial charge in [0, 0.05) is 34.4 Å². The van der Waals surface area contributed by atoms with Gasteiger partial charge in [-0.1, -0.05) is 42.5 Å². The van der Waals surface area contributed by atoms with Crippen molar-refractivity contribution in [2.24, 2.45) is 0 Å². The minimum Gasteiger partial charge on any atom is -0.325 e. The largest absolute Gasteiger partial charge is 0.325 e. The monoisotopic (exact) mass is 433 g/mol. The van der Waals surface area contributed by atoms with E-state index in [1.165, 1.54) is 29.2 Å². The average molecular weight is 433 g/mol.